The molecule has 0 saturated carbocycles. The van der Waals surface area contributed by atoms with Gasteiger partial charge in [0, 0.05) is 11.5 Å². The molecule has 0 saturated heterocycles. The predicted octanol–water partition coefficient (Wildman–Crippen LogP) is 3.13. The number of rotatable bonds is 2. The summed E-state index contributed by atoms with van der Waals surface area (Å²) >= 11 is 0. The van der Waals surface area contributed by atoms with Gasteiger partial charge in [-0.15, -0.1) is 0 Å². The van der Waals surface area contributed by atoms with Crippen molar-refractivity contribution < 1.29 is 14.3 Å². The van der Waals surface area contributed by atoms with Crippen molar-refractivity contribution in [2.24, 2.45) is 5.92 Å². The van der Waals surface area contributed by atoms with Gasteiger partial charge in [-0.1, -0.05) is 24.3 Å². The van der Waals surface area contributed by atoms with Crippen molar-refractivity contribution in [2.75, 3.05) is 12.1 Å². The van der Waals surface area contributed by atoms with Gasteiger partial charge in [-0.2, -0.15) is 10.4 Å². The van der Waals surface area contributed by atoms with Crippen molar-refractivity contribution in [1.29, 1.82) is 5.26 Å². The summed E-state index contributed by atoms with van der Waals surface area (Å²) in [5, 5.41) is 17.3. The van der Waals surface area contributed by atoms with E-state index in [1.165, 1.54) is 0 Å². The molecule has 1 amide bonds. The van der Waals surface area contributed by atoms with Crippen LogP contribution in [0.2, 0.25) is 0 Å². The van der Waals surface area contributed by atoms with Gasteiger partial charge in [0.2, 0.25) is 12.7 Å². The number of hydrogen-bond donors (Lipinski definition) is 1. The zero-order valence-corrected chi connectivity index (χ0v) is 15.0. The van der Waals surface area contributed by atoms with Gasteiger partial charge < -0.3 is 14.8 Å². The number of carbonyl (C=O) groups is 1. The molecule has 5 rings (SSSR count). The number of aromatic nitrogens is 2. The van der Waals surface area contributed by atoms with Crippen LogP contribution < -0.4 is 14.8 Å². The van der Waals surface area contributed by atoms with E-state index in [2.05, 4.69) is 16.5 Å². The molecular formula is C21H16N4O3. The molecule has 138 valence electrons. The summed E-state index contributed by atoms with van der Waals surface area (Å²) in [6.45, 7) is 2.06. The van der Waals surface area contributed by atoms with Crippen LogP contribution in [0.5, 0.6) is 11.5 Å². The summed E-state index contributed by atoms with van der Waals surface area (Å²) < 4.78 is 12.6. The Bertz CT molecular complexity index is 1130. The highest BCUT2D eigenvalue weighted by atomic mass is 16.7. The third-order valence-corrected chi connectivity index (χ3v) is 5.17. The van der Waals surface area contributed by atoms with Gasteiger partial charge in [-0.25, -0.2) is 4.68 Å². The normalized spacial score (nSPS) is 19.6. The molecule has 7 heteroatoms. The van der Waals surface area contributed by atoms with E-state index in [4.69, 9.17) is 9.47 Å². The summed E-state index contributed by atoms with van der Waals surface area (Å²) in [4.78, 5) is 12.8. The molecule has 0 fully saturated rings. The van der Waals surface area contributed by atoms with Crippen molar-refractivity contribution in [3.8, 4) is 23.3 Å². The Morgan fingerprint density at radius 1 is 1.18 bits per heavy atom. The van der Waals surface area contributed by atoms with Crippen molar-refractivity contribution in [1.82, 2.24) is 9.78 Å². The van der Waals surface area contributed by atoms with Crippen molar-refractivity contribution in [3.05, 3.63) is 65.4 Å². The Kier molecular flexibility index (Phi) is 3.59. The average molecular weight is 372 g/mol. The summed E-state index contributed by atoms with van der Waals surface area (Å²) in [5.74, 6) is 0.239. The fraction of sp³-hybridized carbons (Fsp3) is 0.190. The van der Waals surface area contributed by atoms with Crippen LogP contribution in [0.15, 0.2) is 48.5 Å². The molecule has 0 bridgehead atoms. The first-order valence-corrected chi connectivity index (χ1v) is 8.92. The molecule has 7 nitrogen and oxygen atoms in total. The molecule has 0 spiro atoms. The number of ether oxygens (including phenoxy) is 2. The highest BCUT2D eigenvalue weighted by Gasteiger charge is 2.41. The number of aryl methyl sites for hydroxylation is 1. The molecule has 3 aromatic rings. The number of fused-ring (bicyclic) bond motifs is 2. The van der Waals surface area contributed by atoms with E-state index in [1.54, 1.807) is 4.68 Å². The first kappa shape index (κ1) is 16.4. The van der Waals surface area contributed by atoms with Crippen LogP contribution in [0.1, 0.15) is 22.7 Å². The van der Waals surface area contributed by atoms with Gasteiger partial charge in [-0.05, 0) is 36.8 Å². The van der Waals surface area contributed by atoms with E-state index in [-0.39, 0.29) is 12.7 Å². The van der Waals surface area contributed by atoms with Crippen LogP contribution in [-0.4, -0.2) is 22.5 Å². The topological polar surface area (TPSA) is 89.2 Å². The summed E-state index contributed by atoms with van der Waals surface area (Å²) in [5.41, 5.74) is 3.27. The first-order chi connectivity index (χ1) is 13.7. The molecule has 0 radical (unpaired) electrons. The average Bonchev–Trinajstić information content (AvgIpc) is 3.31. The molecule has 2 aromatic carbocycles. The second kappa shape index (κ2) is 6.13. The number of nitrogens with zero attached hydrogens (tertiary/aromatic N) is 3. The highest BCUT2D eigenvalue weighted by Crippen LogP contribution is 2.45. The number of amides is 1. The van der Waals surface area contributed by atoms with Crippen LogP contribution in [-0.2, 0) is 4.79 Å². The third-order valence-electron chi connectivity index (χ3n) is 5.17. The molecular weight excluding hydrogens is 356 g/mol. The lowest BCUT2D eigenvalue weighted by molar-refractivity contribution is -0.119. The van der Waals surface area contributed by atoms with Crippen LogP contribution >= 0.6 is 0 Å². The smallest absolute Gasteiger partial charge is 0.243 e. The molecule has 0 aliphatic carbocycles. The van der Waals surface area contributed by atoms with Gasteiger partial charge in [0.05, 0.1) is 17.5 Å². The van der Waals surface area contributed by atoms with Crippen LogP contribution in [0, 0.1) is 24.2 Å². The van der Waals surface area contributed by atoms with Gasteiger partial charge >= 0.3 is 0 Å². The van der Waals surface area contributed by atoms with Crippen LogP contribution in [0.25, 0.3) is 5.69 Å². The minimum atomic E-state index is -0.861. The maximum atomic E-state index is 12.8. The summed E-state index contributed by atoms with van der Waals surface area (Å²) in [6, 6.07) is 17.3. The van der Waals surface area contributed by atoms with E-state index in [9.17, 15) is 10.1 Å². The molecule has 1 aromatic heterocycles. The number of carbonyl (C=O) groups excluding carboxylic acids is 1. The Morgan fingerprint density at radius 3 is 2.75 bits per heavy atom. The number of nitriles is 1. The molecule has 28 heavy (non-hydrogen) atoms. The molecule has 2 unspecified atom stereocenters. The van der Waals surface area contributed by atoms with E-state index < -0.39 is 11.8 Å². The summed E-state index contributed by atoms with van der Waals surface area (Å²) in [7, 11) is 0. The van der Waals surface area contributed by atoms with Crippen LogP contribution in [0.3, 0.4) is 0 Å². The minimum Gasteiger partial charge on any atom is -0.454 e. The quantitative estimate of drug-likeness (QED) is 0.746. The largest absolute Gasteiger partial charge is 0.454 e. The lowest BCUT2D eigenvalue weighted by Crippen LogP contribution is -2.34. The molecule has 1 N–H and O–H groups in total. The molecule has 2 atom stereocenters. The zero-order valence-electron chi connectivity index (χ0n) is 15.0. The van der Waals surface area contributed by atoms with Gasteiger partial charge in [0.25, 0.3) is 0 Å². The van der Waals surface area contributed by atoms with E-state index in [1.807, 2.05) is 55.5 Å². The monoisotopic (exact) mass is 372 g/mol. The van der Waals surface area contributed by atoms with Crippen molar-refractivity contribution in [2.45, 2.75) is 12.8 Å². The maximum Gasteiger partial charge on any atom is 0.243 e. The second-order valence-electron chi connectivity index (χ2n) is 6.78. The number of nitrogens with one attached hydrogen (secondary N) is 1. The Labute approximate surface area is 161 Å². The Morgan fingerprint density at radius 2 is 1.96 bits per heavy atom. The fourth-order valence-electron chi connectivity index (χ4n) is 3.90. The lowest BCUT2D eigenvalue weighted by Gasteiger charge is -2.28. The first-order valence-electron chi connectivity index (χ1n) is 8.92. The number of anilines is 1. The summed E-state index contributed by atoms with van der Waals surface area (Å²) in [6.07, 6.45) is 0. The van der Waals surface area contributed by atoms with Gasteiger partial charge in [0.1, 0.15) is 11.7 Å². The van der Waals surface area contributed by atoms with Gasteiger partial charge in [0.15, 0.2) is 11.5 Å². The molecule has 2 aliphatic rings. The highest BCUT2D eigenvalue weighted by molar-refractivity contribution is 5.98. The van der Waals surface area contributed by atoms with Crippen molar-refractivity contribution in [3.63, 3.8) is 0 Å². The van der Waals surface area contributed by atoms with E-state index in [0.29, 0.717) is 17.3 Å². The second-order valence-corrected chi connectivity index (χ2v) is 6.78. The van der Waals surface area contributed by atoms with Gasteiger partial charge in [-0.3, -0.25) is 4.79 Å². The Hall–Kier alpha value is -3.79. The van der Waals surface area contributed by atoms with Crippen LogP contribution in [0.4, 0.5) is 5.82 Å². The number of para-hydroxylation sites is 1. The minimum absolute atomic E-state index is 0.168. The standard InChI is InChI=1S/C21H16N4O3/c1-12-18-19(13-7-8-16-17(9-13)28-11-27-16)15(10-22)21(26)23-20(18)25(24-12)14-5-3-2-4-6-14/h2-9,15,19H,11H2,1H3,(H,23,26). The fourth-order valence-corrected chi connectivity index (χ4v) is 3.90. The van der Waals surface area contributed by atoms with Crippen molar-refractivity contribution >= 4 is 11.7 Å². The SMILES string of the molecule is Cc1nn(-c2ccccc2)c2c1C(c1ccc3c(c1)OCO3)C(C#N)C(=O)N2. The van der Waals surface area contributed by atoms with E-state index in [0.717, 1.165) is 22.5 Å². The third kappa shape index (κ3) is 2.35. The zero-order chi connectivity index (χ0) is 19.3. The maximum absolute atomic E-state index is 12.8. The molecule has 3 heterocycles. The molecule has 2 aliphatic heterocycles. The lowest BCUT2D eigenvalue weighted by atomic mass is 9.78. The number of benzene rings is 2. The Balaban J connectivity index is 1.71. The predicted molar refractivity (Wildman–Crippen MR) is 100 cm³/mol. The van der Waals surface area contributed by atoms with E-state index >= 15 is 0 Å². The number of hydrogen-bond acceptors (Lipinski definition) is 5.